The first-order chi connectivity index (χ1) is 8.80. The Kier molecular flexibility index (Phi) is 3.98. The number of carbonyl (C=O) groups is 1. The predicted octanol–water partition coefficient (Wildman–Crippen LogP) is 4.00. The van der Waals surface area contributed by atoms with E-state index in [2.05, 4.69) is 6.92 Å². The second kappa shape index (κ2) is 5.67. The van der Waals surface area contributed by atoms with Gasteiger partial charge < -0.3 is 4.74 Å². The third-order valence-electron chi connectivity index (χ3n) is 3.28. The molecule has 0 bridgehead atoms. The van der Waals surface area contributed by atoms with E-state index >= 15 is 0 Å². The molecule has 2 heteroatoms. The summed E-state index contributed by atoms with van der Waals surface area (Å²) in [7, 11) is 1.66. The molecule has 0 aliphatic carbocycles. The van der Waals surface area contributed by atoms with Gasteiger partial charge in [-0.3, -0.25) is 4.79 Å². The van der Waals surface area contributed by atoms with Gasteiger partial charge in [0.25, 0.3) is 0 Å². The van der Waals surface area contributed by atoms with Gasteiger partial charge in [-0.2, -0.15) is 0 Å². The molecule has 2 nitrogen and oxygen atoms in total. The van der Waals surface area contributed by atoms with Crippen LogP contribution in [0, 0.1) is 0 Å². The number of hydrogen-bond donors (Lipinski definition) is 0. The lowest BCUT2D eigenvalue weighted by Crippen LogP contribution is -1.95. The highest BCUT2D eigenvalue weighted by Crippen LogP contribution is 2.27. The number of benzene rings is 2. The molecule has 0 unspecified atom stereocenters. The lowest BCUT2D eigenvalue weighted by atomic mass is 9.95. The van der Waals surface area contributed by atoms with Crippen LogP contribution in [0.15, 0.2) is 30.3 Å². The van der Waals surface area contributed by atoms with Crippen molar-refractivity contribution in [2.45, 2.75) is 26.2 Å². The van der Waals surface area contributed by atoms with E-state index < -0.39 is 0 Å². The lowest BCUT2D eigenvalue weighted by Gasteiger charge is -2.10. The van der Waals surface area contributed by atoms with E-state index in [9.17, 15) is 4.79 Å². The van der Waals surface area contributed by atoms with Crippen LogP contribution in [-0.4, -0.2) is 13.4 Å². The quantitative estimate of drug-likeness (QED) is 0.741. The Morgan fingerprint density at radius 1 is 1.22 bits per heavy atom. The van der Waals surface area contributed by atoms with Crippen molar-refractivity contribution < 1.29 is 9.53 Å². The molecular weight excluding hydrogens is 224 g/mol. The summed E-state index contributed by atoms with van der Waals surface area (Å²) in [6, 6.07) is 9.92. The van der Waals surface area contributed by atoms with Gasteiger partial charge in [-0.25, -0.2) is 0 Å². The molecule has 2 aromatic rings. The fourth-order valence-corrected chi connectivity index (χ4v) is 2.25. The van der Waals surface area contributed by atoms with Crippen LogP contribution in [0.2, 0.25) is 0 Å². The smallest absolute Gasteiger partial charge is 0.150 e. The molecule has 0 radical (unpaired) electrons. The van der Waals surface area contributed by atoms with E-state index in [0.717, 1.165) is 53.2 Å². The summed E-state index contributed by atoms with van der Waals surface area (Å²) in [5.74, 6) is 0.836. The molecule has 0 atom stereocenters. The molecule has 2 rings (SSSR count). The van der Waals surface area contributed by atoms with Crippen LogP contribution in [-0.2, 0) is 6.42 Å². The Hall–Kier alpha value is -1.83. The molecule has 18 heavy (non-hydrogen) atoms. The normalized spacial score (nSPS) is 10.6. The molecule has 2 aromatic carbocycles. The molecule has 0 N–H and O–H groups in total. The zero-order valence-corrected chi connectivity index (χ0v) is 10.9. The Morgan fingerprint density at radius 3 is 2.67 bits per heavy atom. The summed E-state index contributed by atoms with van der Waals surface area (Å²) >= 11 is 0. The van der Waals surface area contributed by atoms with Gasteiger partial charge in [0.15, 0.2) is 0 Å². The third kappa shape index (κ3) is 2.37. The topological polar surface area (TPSA) is 26.3 Å². The van der Waals surface area contributed by atoms with Gasteiger partial charge in [-0.05, 0) is 41.3 Å². The van der Waals surface area contributed by atoms with E-state index in [1.54, 1.807) is 7.11 Å². The molecular formula is C16H18O2. The molecule has 0 spiro atoms. The van der Waals surface area contributed by atoms with Crippen molar-refractivity contribution in [2.24, 2.45) is 0 Å². The predicted molar refractivity (Wildman–Crippen MR) is 74.5 cm³/mol. The second-order valence-corrected chi connectivity index (χ2v) is 4.44. The van der Waals surface area contributed by atoms with Crippen LogP contribution >= 0.6 is 0 Å². The summed E-state index contributed by atoms with van der Waals surface area (Å²) < 4.78 is 5.27. The third-order valence-corrected chi connectivity index (χ3v) is 3.28. The van der Waals surface area contributed by atoms with Gasteiger partial charge in [0.2, 0.25) is 0 Å². The van der Waals surface area contributed by atoms with Gasteiger partial charge in [-0.15, -0.1) is 0 Å². The van der Waals surface area contributed by atoms with E-state index in [-0.39, 0.29) is 0 Å². The summed E-state index contributed by atoms with van der Waals surface area (Å²) in [4.78, 5) is 11.2. The SMILES string of the molecule is CCCCc1c(C=O)ccc2ccc(OC)cc12. The zero-order valence-electron chi connectivity index (χ0n) is 10.9. The summed E-state index contributed by atoms with van der Waals surface area (Å²) in [5.41, 5.74) is 1.94. The maximum Gasteiger partial charge on any atom is 0.150 e. The van der Waals surface area contributed by atoms with Crippen LogP contribution in [0.3, 0.4) is 0 Å². The first-order valence-corrected chi connectivity index (χ1v) is 6.35. The highest BCUT2D eigenvalue weighted by atomic mass is 16.5. The zero-order chi connectivity index (χ0) is 13.0. The van der Waals surface area contributed by atoms with Gasteiger partial charge in [0.05, 0.1) is 7.11 Å². The van der Waals surface area contributed by atoms with Crippen molar-refractivity contribution in [1.29, 1.82) is 0 Å². The Labute approximate surface area is 108 Å². The van der Waals surface area contributed by atoms with Crippen LogP contribution in [0.25, 0.3) is 10.8 Å². The van der Waals surface area contributed by atoms with E-state index in [1.807, 2.05) is 30.3 Å². The minimum Gasteiger partial charge on any atom is -0.497 e. The minimum absolute atomic E-state index is 0.796. The maximum absolute atomic E-state index is 11.2. The number of unbranched alkanes of at least 4 members (excludes halogenated alkanes) is 1. The minimum atomic E-state index is 0.796. The second-order valence-electron chi connectivity index (χ2n) is 4.44. The number of ether oxygens (including phenoxy) is 1. The average Bonchev–Trinajstić information content (AvgIpc) is 2.43. The largest absolute Gasteiger partial charge is 0.497 e. The van der Waals surface area contributed by atoms with Gasteiger partial charge in [-0.1, -0.05) is 31.5 Å². The number of aryl methyl sites for hydroxylation is 1. The maximum atomic E-state index is 11.2. The molecule has 0 saturated carbocycles. The van der Waals surface area contributed by atoms with Crippen LogP contribution < -0.4 is 4.74 Å². The Morgan fingerprint density at radius 2 is 2.00 bits per heavy atom. The first kappa shape index (κ1) is 12.6. The van der Waals surface area contributed by atoms with Gasteiger partial charge in [0, 0.05) is 5.56 Å². The molecule has 0 heterocycles. The van der Waals surface area contributed by atoms with E-state index in [0.29, 0.717) is 0 Å². The monoisotopic (exact) mass is 242 g/mol. The van der Waals surface area contributed by atoms with Crippen molar-refractivity contribution in [3.63, 3.8) is 0 Å². The molecule has 94 valence electrons. The fraction of sp³-hybridized carbons (Fsp3) is 0.312. The molecule has 0 aliphatic heterocycles. The Balaban J connectivity index is 2.61. The molecule has 0 aromatic heterocycles. The van der Waals surface area contributed by atoms with Crippen LogP contribution in [0.4, 0.5) is 0 Å². The molecule has 0 fully saturated rings. The average molecular weight is 242 g/mol. The summed E-state index contributed by atoms with van der Waals surface area (Å²) in [6.45, 7) is 2.16. The van der Waals surface area contributed by atoms with E-state index in [4.69, 9.17) is 4.74 Å². The fourth-order valence-electron chi connectivity index (χ4n) is 2.25. The van der Waals surface area contributed by atoms with Gasteiger partial charge >= 0.3 is 0 Å². The highest BCUT2D eigenvalue weighted by molar-refractivity contribution is 5.93. The van der Waals surface area contributed by atoms with Crippen molar-refractivity contribution >= 4 is 17.1 Å². The molecule has 0 amide bonds. The van der Waals surface area contributed by atoms with E-state index in [1.165, 1.54) is 0 Å². The summed E-state index contributed by atoms with van der Waals surface area (Å²) in [6.07, 6.45) is 4.11. The van der Waals surface area contributed by atoms with Gasteiger partial charge in [0.1, 0.15) is 12.0 Å². The van der Waals surface area contributed by atoms with Crippen LogP contribution in [0.1, 0.15) is 35.7 Å². The van der Waals surface area contributed by atoms with Crippen molar-refractivity contribution in [3.8, 4) is 5.75 Å². The number of fused-ring (bicyclic) bond motifs is 1. The highest BCUT2D eigenvalue weighted by Gasteiger charge is 2.08. The first-order valence-electron chi connectivity index (χ1n) is 6.35. The number of hydrogen-bond acceptors (Lipinski definition) is 2. The number of aldehydes is 1. The number of carbonyl (C=O) groups excluding carboxylic acids is 1. The summed E-state index contributed by atoms with van der Waals surface area (Å²) in [5, 5.41) is 2.29. The molecule has 0 aliphatic rings. The standard InChI is InChI=1S/C16H18O2/c1-3-4-5-15-13(11-17)7-6-12-8-9-14(18-2)10-16(12)15/h6-11H,3-5H2,1-2H3. The van der Waals surface area contributed by atoms with Crippen molar-refractivity contribution in [1.82, 2.24) is 0 Å². The Bertz CT molecular complexity index is 558. The van der Waals surface area contributed by atoms with Crippen LogP contribution in [0.5, 0.6) is 5.75 Å². The number of methoxy groups -OCH3 is 1. The lowest BCUT2D eigenvalue weighted by molar-refractivity contribution is 0.112. The van der Waals surface area contributed by atoms with Crippen molar-refractivity contribution in [2.75, 3.05) is 7.11 Å². The van der Waals surface area contributed by atoms with Crippen molar-refractivity contribution in [3.05, 3.63) is 41.5 Å². The molecule has 0 saturated heterocycles. The number of rotatable bonds is 5.